The molecule has 0 aliphatic carbocycles. The predicted molar refractivity (Wildman–Crippen MR) is 89.7 cm³/mol. The minimum absolute atomic E-state index is 0. The van der Waals surface area contributed by atoms with E-state index in [2.05, 4.69) is 37.1 Å². The van der Waals surface area contributed by atoms with Gasteiger partial charge in [0.25, 0.3) is 0 Å². The quantitative estimate of drug-likeness (QED) is 0.410. The van der Waals surface area contributed by atoms with Crippen molar-refractivity contribution in [2.45, 2.75) is 22.3 Å². The SMILES string of the molecule is C.C.C.CS.S.S.S=C=S.[HH].[SH3+]. The fourth-order valence-corrected chi connectivity index (χ4v) is 0. The van der Waals surface area contributed by atoms with Gasteiger partial charge >= 0.3 is 0 Å². The summed E-state index contributed by atoms with van der Waals surface area (Å²) in [5, 5.41) is 0. The molecular weight excluding hydrogens is 252 g/mol. The fraction of sp³-hybridized carbons (Fsp3) is 0.800. The third-order valence-corrected chi connectivity index (χ3v) is 0. The van der Waals surface area contributed by atoms with Crippen molar-refractivity contribution >= 4 is 81.9 Å². The summed E-state index contributed by atoms with van der Waals surface area (Å²) < 4.78 is 1.92. The number of thiol groups is 1. The van der Waals surface area contributed by atoms with Crippen LogP contribution in [0.5, 0.6) is 0 Å². The zero-order valence-electron chi connectivity index (χ0n) is 4.34. The molecule has 0 rings (SSSR count). The molecule has 0 heterocycles. The summed E-state index contributed by atoms with van der Waals surface area (Å²) in [6.45, 7) is 0. The Labute approximate surface area is 111 Å². The monoisotopic (exact) mass is 277 g/mol. The van der Waals surface area contributed by atoms with Gasteiger partial charge in [-0.15, -0.1) is 0 Å². The van der Waals surface area contributed by atoms with Crippen molar-refractivity contribution in [2.24, 2.45) is 0 Å². The first-order valence-corrected chi connectivity index (χ1v) is 2.57. The summed E-state index contributed by atoms with van der Waals surface area (Å²) in [6.07, 6.45) is 1.69. The maximum Gasteiger partial charge on any atom is 0.0297 e. The van der Waals surface area contributed by atoms with E-state index in [-0.39, 0.29) is 64.2 Å². The summed E-state index contributed by atoms with van der Waals surface area (Å²) in [4.78, 5) is 0. The van der Waals surface area contributed by atoms with Gasteiger partial charge < -0.3 is 0 Å². The van der Waals surface area contributed by atoms with Crippen LogP contribution in [0.25, 0.3) is 0 Å². The third kappa shape index (κ3) is 410. The van der Waals surface area contributed by atoms with E-state index < -0.39 is 0 Å². The Balaban J connectivity index is -0.00000000138. The van der Waals surface area contributed by atoms with Crippen LogP contribution in [0.4, 0.5) is 0 Å². The molecule has 0 aromatic rings. The van der Waals surface area contributed by atoms with Gasteiger partial charge in [-0.05, 0) is 30.7 Å². The molecule has 0 aliphatic rings. The Bertz CT molecular complexity index is 36.9. The molecule has 0 aromatic carbocycles. The Morgan fingerprint density at radius 3 is 1.00 bits per heavy atom. The van der Waals surface area contributed by atoms with Crippen molar-refractivity contribution in [1.82, 2.24) is 0 Å². The first kappa shape index (κ1) is 79.8. The lowest BCUT2D eigenvalue weighted by Gasteiger charge is -1.11. The minimum Gasteiger partial charge on any atom is -0.197 e. The summed E-state index contributed by atoms with van der Waals surface area (Å²) in [7, 11) is 0. The van der Waals surface area contributed by atoms with Crippen LogP contribution in [0, 0.1) is 0 Å². The second-order valence-corrected chi connectivity index (χ2v) is 0.750. The first-order valence-electron chi connectivity index (χ1n) is 0.855. The van der Waals surface area contributed by atoms with E-state index in [0.29, 0.717) is 0 Å². The van der Waals surface area contributed by atoms with E-state index >= 15 is 0 Å². The molecular formula is C5H25S6+. The van der Waals surface area contributed by atoms with E-state index in [1.807, 2.05) is 4.31 Å². The number of thiocarbonyl (C=S) groups is 2. The van der Waals surface area contributed by atoms with E-state index in [1.54, 1.807) is 6.26 Å². The Morgan fingerprint density at radius 2 is 1.00 bits per heavy atom. The molecule has 0 saturated heterocycles. The third-order valence-electron chi connectivity index (χ3n) is 0. The molecule has 0 unspecified atom stereocenters. The standard InChI is InChI=1S/CS2.CH4S.3CH4.3H2S.H2/c2-1-3;1-2;;;;;;;/h;2H,1H3;3*1H4;3*1H2;1H/p+1. The van der Waals surface area contributed by atoms with E-state index in [9.17, 15) is 0 Å². The van der Waals surface area contributed by atoms with Crippen LogP contribution < -0.4 is 0 Å². The highest BCUT2D eigenvalue weighted by Crippen LogP contribution is 1.31. The van der Waals surface area contributed by atoms with Gasteiger partial charge in [-0.3, -0.25) is 0 Å². The van der Waals surface area contributed by atoms with Crippen LogP contribution in [-0.4, -0.2) is 10.6 Å². The number of hydrogen-bond donors (Lipinski definition) is 1. The average molecular weight is 278 g/mol. The van der Waals surface area contributed by atoms with Crippen molar-refractivity contribution in [3.05, 3.63) is 0 Å². The Morgan fingerprint density at radius 1 is 1.00 bits per heavy atom. The molecule has 0 N–H and O–H groups in total. The zero-order valence-corrected chi connectivity index (χ0v) is 10.0. The van der Waals surface area contributed by atoms with Crippen LogP contribution in [0.2, 0.25) is 0 Å². The van der Waals surface area contributed by atoms with Crippen molar-refractivity contribution in [3.8, 4) is 0 Å². The summed E-state index contributed by atoms with van der Waals surface area (Å²) in [5.41, 5.74) is 0. The van der Waals surface area contributed by atoms with Gasteiger partial charge in [0.1, 0.15) is 0 Å². The highest BCUT2D eigenvalue weighted by molar-refractivity contribution is 7.93. The van der Waals surface area contributed by atoms with Crippen LogP contribution in [0.15, 0.2) is 0 Å². The maximum atomic E-state index is 3.96. The zero-order chi connectivity index (χ0) is 4.71. The lowest BCUT2D eigenvalue weighted by Crippen LogP contribution is -0.917. The molecule has 0 nitrogen and oxygen atoms in total. The highest BCUT2D eigenvalue weighted by atomic mass is 32.1. The minimum atomic E-state index is 0. The van der Waals surface area contributed by atoms with Gasteiger partial charge in [-0.2, -0.15) is 39.6 Å². The highest BCUT2D eigenvalue weighted by Gasteiger charge is 1.01. The molecule has 0 aliphatic heterocycles. The van der Waals surface area contributed by atoms with Gasteiger partial charge in [0.05, 0.1) is 0 Å². The van der Waals surface area contributed by atoms with Gasteiger partial charge in [0, 0.05) is 5.74 Å². The van der Waals surface area contributed by atoms with Gasteiger partial charge in [0.2, 0.25) is 0 Å². The second kappa shape index (κ2) is 191. The van der Waals surface area contributed by atoms with Crippen LogP contribution in [0.1, 0.15) is 23.7 Å². The molecule has 0 saturated carbocycles. The van der Waals surface area contributed by atoms with E-state index in [1.165, 1.54) is 0 Å². The van der Waals surface area contributed by atoms with Crippen LogP contribution >= 0.6 is 64.1 Å². The summed E-state index contributed by atoms with van der Waals surface area (Å²) in [6, 6.07) is 0. The largest absolute Gasteiger partial charge is 0.197 e. The van der Waals surface area contributed by atoms with Crippen LogP contribution in [0.3, 0.4) is 0 Å². The number of hydrogen-bond acceptors (Lipinski definition) is 3. The average Bonchev–Trinajstić information content (AvgIpc) is 1.46. The van der Waals surface area contributed by atoms with Crippen molar-refractivity contribution < 1.29 is 1.43 Å². The predicted octanol–water partition coefficient (Wildman–Crippen LogP) is 3.14. The maximum absolute atomic E-state index is 3.96. The lowest BCUT2D eigenvalue weighted by molar-refractivity contribution is 2.50. The molecule has 0 spiro atoms. The molecule has 0 radical (unpaired) electrons. The van der Waals surface area contributed by atoms with Gasteiger partial charge in [-0.25, -0.2) is 0 Å². The lowest BCUT2D eigenvalue weighted by atomic mass is 12.0. The van der Waals surface area contributed by atoms with Crippen molar-refractivity contribution in [3.63, 3.8) is 0 Å². The van der Waals surface area contributed by atoms with Gasteiger partial charge in [0.15, 0.2) is 0 Å². The normalized spacial score (nSPS) is 1.27. The van der Waals surface area contributed by atoms with E-state index in [4.69, 9.17) is 0 Å². The molecule has 0 aromatic heterocycles. The second-order valence-electron chi connectivity index (χ2n) is 0.0833. The van der Waals surface area contributed by atoms with Crippen molar-refractivity contribution in [1.29, 1.82) is 0 Å². The molecule has 80 valence electrons. The Kier molecular flexibility index (Phi) is 1390. The smallest absolute Gasteiger partial charge is 0.0297 e. The first-order chi connectivity index (χ1) is 2.41. The molecule has 0 bridgehead atoms. The van der Waals surface area contributed by atoms with Crippen molar-refractivity contribution in [2.75, 3.05) is 6.26 Å². The number of rotatable bonds is 0. The van der Waals surface area contributed by atoms with Gasteiger partial charge in [-0.1, -0.05) is 35.8 Å². The van der Waals surface area contributed by atoms with Crippen LogP contribution in [-0.2, 0) is 13.5 Å². The van der Waals surface area contributed by atoms with E-state index in [0.717, 1.165) is 0 Å². The molecule has 0 amide bonds. The molecule has 6 heteroatoms. The fourth-order valence-electron chi connectivity index (χ4n) is 0. The molecule has 0 atom stereocenters. The summed E-state index contributed by atoms with van der Waals surface area (Å²) >= 11 is 11.4. The molecule has 0 fully saturated rings. The Hall–Kier alpha value is 1.62. The molecule has 11 heavy (non-hydrogen) atoms. The summed E-state index contributed by atoms with van der Waals surface area (Å²) in [5.74, 6) is 0. The topological polar surface area (TPSA) is 0 Å².